The van der Waals surface area contributed by atoms with E-state index in [1.807, 2.05) is 30.3 Å². The maximum absolute atomic E-state index is 13.8. The van der Waals surface area contributed by atoms with E-state index in [0.717, 1.165) is 14.9 Å². The van der Waals surface area contributed by atoms with Crippen molar-refractivity contribution in [1.29, 1.82) is 0 Å². The topological polar surface area (TPSA) is 144 Å². The lowest BCUT2D eigenvalue weighted by molar-refractivity contribution is -0.347. The summed E-state index contributed by atoms with van der Waals surface area (Å²) in [6.45, 7) is 1.17. The van der Waals surface area contributed by atoms with Gasteiger partial charge in [0.25, 0.3) is 5.91 Å². The third kappa shape index (κ3) is 6.65. The molecule has 39 heavy (non-hydrogen) atoms. The van der Waals surface area contributed by atoms with Gasteiger partial charge in [-0.05, 0) is 30.7 Å². The van der Waals surface area contributed by atoms with E-state index >= 15 is 0 Å². The van der Waals surface area contributed by atoms with Gasteiger partial charge >= 0.3 is 5.97 Å². The summed E-state index contributed by atoms with van der Waals surface area (Å²) in [6, 6.07) is 13.4. The molecule has 2 aliphatic heterocycles. The molecule has 12 heteroatoms. The van der Waals surface area contributed by atoms with Crippen LogP contribution in [0.2, 0.25) is 0 Å². The standard InChI is InChI=1S/C27H31BrN2O9/c1-3-18(25(34)35)29-20(31)13-30(24(33)15-9-11-17(28)12-10-15)21-22(32)23-19(38-27(21)36-2)14-37-26(39-23)16-7-5-4-6-8-16/h4-12,18-19,21-23,26-27,32H,3,13-14H2,1-2H3,(H,29,31)(H,34,35). The van der Waals surface area contributed by atoms with Crippen LogP contribution in [0.4, 0.5) is 0 Å². The number of fused-ring (bicyclic) bond motifs is 1. The number of nitrogens with zero attached hydrogens (tertiary/aromatic N) is 1. The lowest BCUT2D eigenvalue weighted by atomic mass is 9.93. The molecular formula is C27H31BrN2O9. The van der Waals surface area contributed by atoms with Crippen LogP contribution in [0.1, 0.15) is 35.6 Å². The van der Waals surface area contributed by atoms with Crippen LogP contribution in [0.15, 0.2) is 59.1 Å². The Balaban J connectivity index is 1.64. The monoisotopic (exact) mass is 606 g/mol. The van der Waals surface area contributed by atoms with Crippen LogP contribution in [0.25, 0.3) is 0 Å². The molecule has 7 atom stereocenters. The number of aliphatic hydroxyl groups excluding tert-OH is 1. The predicted molar refractivity (Wildman–Crippen MR) is 141 cm³/mol. The Bertz CT molecular complexity index is 1150. The van der Waals surface area contributed by atoms with Crippen LogP contribution in [-0.4, -0.2) is 89.8 Å². The van der Waals surface area contributed by atoms with E-state index in [4.69, 9.17) is 18.9 Å². The first-order chi connectivity index (χ1) is 18.7. The molecule has 4 rings (SSSR count). The van der Waals surface area contributed by atoms with Gasteiger partial charge in [0.05, 0.1) is 6.61 Å². The molecular weight excluding hydrogens is 576 g/mol. The van der Waals surface area contributed by atoms with Gasteiger partial charge in [0.1, 0.15) is 36.9 Å². The van der Waals surface area contributed by atoms with Gasteiger partial charge in [0.2, 0.25) is 5.91 Å². The Morgan fingerprint density at radius 1 is 1.13 bits per heavy atom. The quantitative estimate of drug-likeness (QED) is 0.391. The van der Waals surface area contributed by atoms with Gasteiger partial charge in [0, 0.05) is 22.7 Å². The van der Waals surface area contributed by atoms with Crippen molar-refractivity contribution in [3.8, 4) is 0 Å². The molecule has 0 radical (unpaired) electrons. The predicted octanol–water partition coefficient (Wildman–Crippen LogP) is 2.09. The summed E-state index contributed by atoms with van der Waals surface area (Å²) >= 11 is 3.34. The first-order valence-electron chi connectivity index (χ1n) is 12.5. The molecule has 11 nitrogen and oxygen atoms in total. The molecule has 3 N–H and O–H groups in total. The number of nitrogens with one attached hydrogen (secondary N) is 1. The lowest BCUT2D eigenvalue weighted by Gasteiger charge is -2.50. The van der Waals surface area contributed by atoms with Crippen LogP contribution < -0.4 is 5.32 Å². The van der Waals surface area contributed by atoms with Gasteiger partial charge in [-0.2, -0.15) is 0 Å². The highest BCUT2D eigenvalue weighted by atomic mass is 79.9. The highest BCUT2D eigenvalue weighted by molar-refractivity contribution is 9.10. The van der Waals surface area contributed by atoms with E-state index in [-0.39, 0.29) is 18.6 Å². The first kappa shape index (κ1) is 29.1. The SMILES string of the molecule is CCC(NC(=O)CN(C(=O)c1ccc(Br)cc1)C1C(OC)OC2COC(c3ccccc3)OC2C1O)C(=O)O. The second-order valence-electron chi connectivity index (χ2n) is 9.24. The number of amides is 2. The molecule has 2 aliphatic rings. The van der Waals surface area contributed by atoms with Gasteiger partial charge in [-0.3, -0.25) is 9.59 Å². The van der Waals surface area contributed by atoms with Crippen molar-refractivity contribution in [3.63, 3.8) is 0 Å². The Morgan fingerprint density at radius 2 is 1.82 bits per heavy atom. The minimum Gasteiger partial charge on any atom is -0.480 e. The van der Waals surface area contributed by atoms with Crippen molar-refractivity contribution in [1.82, 2.24) is 10.2 Å². The van der Waals surface area contributed by atoms with E-state index in [1.165, 1.54) is 7.11 Å². The molecule has 2 amide bonds. The first-order valence-corrected chi connectivity index (χ1v) is 13.3. The molecule has 210 valence electrons. The highest BCUT2D eigenvalue weighted by Gasteiger charge is 2.52. The summed E-state index contributed by atoms with van der Waals surface area (Å²) in [5.74, 6) is -2.49. The van der Waals surface area contributed by atoms with Crippen molar-refractivity contribution in [2.24, 2.45) is 0 Å². The van der Waals surface area contributed by atoms with E-state index in [0.29, 0.717) is 0 Å². The normalized spacial score (nSPS) is 27.2. The molecule has 7 unspecified atom stereocenters. The number of carbonyl (C=O) groups is 3. The van der Waals surface area contributed by atoms with Crippen molar-refractivity contribution in [2.75, 3.05) is 20.3 Å². The number of hydrogen-bond donors (Lipinski definition) is 3. The summed E-state index contributed by atoms with van der Waals surface area (Å²) in [7, 11) is 1.36. The van der Waals surface area contributed by atoms with Crippen LogP contribution in [-0.2, 0) is 28.5 Å². The number of carboxylic acids is 1. The number of carboxylic acid groups (broad SMARTS) is 1. The number of benzene rings is 2. The number of aliphatic hydroxyl groups is 1. The van der Waals surface area contributed by atoms with Gasteiger partial charge in [0.15, 0.2) is 12.6 Å². The van der Waals surface area contributed by atoms with Crippen LogP contribution in [0, 0.1) is 0 Å². The van der Waals surface area contributed by atoms with Crippen molar-refractivity contribution in [3.05, 3.63) is 70.2 Å². The average molecular weight is 607 g/mol. The van der Waals surface area contributed by atoms with E-state index in [9.17, 15) is 24.6 Å². The zero-order valence-electron chi connectivity index (χ0n) is 21.4. The van der Waals surface area contributed by atoms with Crippen molar-refractivity contribution >= 4 is 33.7 Å². The Labute approximate surface area is 234 Å². The maximum atomic E-state index is 13.8. The fourth-order valence-corrected chi connectivity index (χ4v) is 4.95. The molecule has 0 bridgehead atoms. The molecule has 0 spiro atoms. The molecule has 2 fully saturated rings. The fraction of sp³-hybridized carbons (Fsp3) is 0.444. The number of methoxy groups -OCH3 is 1. The second kappa shape index (κ2) is 13.0. The fourth-order valence-electron chi connectivity index (χ4n) is 4.69. The molecule has 2 saturated heterocycles. The number of hydrogen-bond acceptors (Lipinski definition) is 8. The van der Waals surface area contributed by atoms with E-state index in [2.05, 4.69) is 21.2 Å². The van der Waals surface area contributed by atoms with E-state index < -0.39 is 67.3 Å². The third-order valence-corrected chi connectivity index (χ3v) is 7.23. The van der Waals surface area contributed by atoms with Crippen LogP contribution in [0.5, 0.6) is 0 Å². The number of halogens is 1. The van der Waals surface area contributed by atoms with Crippen LogP contribution >= 0.6 is 15.9 Å². The van der Waals surface area contributed by atoms with Crippen LogP contribution in [0.3, 0.4) is 0 Å². The van der Waals surface area contributed by atoms with Crippen molar-refractivity contribution < 1.29 is 43.5 Å². The Morgan fingerprint density at radius 3 is 2.44 bits per heavy atom. The summed E-state index contributed by atoms with van der Waals surface area (Å²) in [4.78, 5) is 39.4. The van der Waals surface area contributed by atoms with Gasteiger partial charge < -0.3 is 39.4 Å². The molecule has 2 aromatic carbocycles. The summed E-state index contributed by atoms with van der Waals surface area (Å²) in [5.41, 5.74) is 0.991. The number of ether oxygens (including phenoxy) is 4. The zero-order chi connectivity index (χ0) is 28.1. The molecule has 0 aromatic heterocycles. The number of aliphatic carboxylic acids is 1. The third-order valence-electron chi connectivity index (χ3n) is 6.70. The van der Waals surface area contributed by atoms with Gasteiger partial charge in [-0.15, -0.1) is 0 Å². The summed E-state index contributed by atoms with van der Waals surface area (Å²) in [5, 5.41) is 23.4. The minimum atomic E-state index is -1.34. The van der Waals surface area contributed by atoms with Gasteiger partial charge in [-0.25, -0.2) is 4.79 Å². The zero-order valence-corrected chi connectivity index (χ0v) is 23.0. The molecule has 2 aromatic rings. The number of carbonyl (C=O) groups excluding carboxylic acids is 2. The Hall–Kier alpha value is -2.87. The minimum absolute atomic E-state index is 0.103. The smallest absolute Gasteiger partial charge is 0.326 e. The second-order valence-corrected chi connectivity index (χ2v) is 10.2. The maximum Gasteiger partial charge on any atom is 0.326 e. The van der Waals surface area contributed by atoms with Crippen molar-refractivity contribution in [2.45, 2.75) is 56.3 Å². The average Bonchev–Trinajstić information content (AvgIpc) is 2.95. The molecule has 0 aliphatic carbocycles. The largest absolute Gasteiger partial charge is 0.480 e. The molecule has 0 saturated carbocycles. The summed E-state index contributed by atoms with van der Waals surface area (Å²) in [6.07, 6.45) is -4.70. The highest BCUT2D eigenvalue weighted by Crippen LogP contribution is 2.36. The Kier molecular flexibility index (Phi) is 9.70. The van der Waals surface area contributed by atoms with Gasteiger partial charge in [-0.1, -0.05) is 53.2 Å². The lowest BCUT2D eigenvalue weighted by Crippen LogP contribution is -2.68. The molecule has 2 heterocycles. The van der Waals surface area contributed by atoms with E-state index in [1.54, 1.807) is 31.2 Å². The summed E-state index contributed by atoms with van der Waals surface area (Å²) < 4.78 is 24.3. The number of rotatable bonds is 9.